The van der Waals surface area contributed by atoms with Gasteiger partial charge in [-0.2, -0.15) is 13.2 Å². The van der Waals surface area contributed by atoms with Crippen molar-refractivity contribution >= 4 is 11.7 Å². The van der Waals surface area contributed by atoms with Crippen LogP contribution in [0.2, 0.25) is 0 Å². The van der Waals surface area contributed by atoms with Gasteiger partial charge < -0.3 is 19.4 Å². The molecule has 2 amide bonds. The molecular formula is C23H26F3N5O2. The number of urea groups is 1. The molecule has 0 aliphatic heterocycles. The van der Waals surface area contributed by atoms with Crippen LogP contribution in [0.15, 0.2) is 54.5 Å². The molecule has 0 saturated heterocycles. The van der Waals surface area contributed by atoms with Crippen molar-refractivity contribution in [3.63, 3.8) is 0 Å². The number of imidazole rings is 1. The van der Waals surface area contributed by atoms with Gasteiger partial charge in [-0.15, -0.1) is 0 Å². The predicted octanol–water partition coefficient (Wildman–Crippen LogP) is 4.83. The number of halogens is 3. The summed E-state index contributed by atoms with van der Waals surface area (Å²) in [4.78, 5) is 22.7. The molecule has 3 aromatic rings. The third-order valence-corrected chi connectivity index (χ3v) is 4.93. The first kappa shape index (κ1) is 24.1. The first-order chi connectivity index (χ1) is 15.6. The van der Waals surface area contributed by atoms with Crippen LogP contribution in [0.1, 0.15) is 26.3 Å². The number of aromatic nitrogens is 3. The smallest absolute Gasteiger partial charge is 0.412 e. The number of methoxy groups -OCH3 is 1. The topological polar surface area (TPSA) is 71.8 Å². The molecule has 3 rings (SSSR count). The molecule has 0 aliphatic carbocycles. The van der Waals surface area contributed by atoms with Crippen molar-refractivity contribution in [2.45, 2.75) is 39.5 Å². The quantitative estimate of drug-likeness (QED) is 0.512. The summed E-state index contributed by atoms with van der Waals surface area (Å²) < 4.78 is 47.1. The molecule has 33 heavy (non-hydrogen) atoms. The Morgan fingerprint density at radius 1 is 1.33 bits per heavy atom. The van der Waals surface area contributed by atoms with Crippen LogP contribution in [0, 0.1) is 0 Å². The fourth-order valence-corrected chi connectivity index (χ4v) is 3.33. The van der Waals surface area contributed by atoms with Crippen LogP contribution in [-0.2, 0) is 6.54 Å². The van der Waals surface area contributed by atoms with Gasteiger partial charge in [0.05, 0.1) is 12.8 Å². The van der Waals surface area contributed by atoms with Gasteiger partial charge in [-0.1, -0.05) is 29.8 Å². The van der Waals surface area contributed by atoms with Crippen molar-refractivity contribution in [1.29, 1.82) is 0 Å². The summed E-state index contributed by atoms with van der Waals surface area (Å²) >= 11 is 0. The lowest BCUT2D eigenvalue weighted by Crippen LogP contribution is -2.49. The first-order valence-corrected chi connectivity index (χ1v) is 10.4. The first-order valence-electron chi connectivity index (χ1n) is 10.4. The summed E-state index contributed by atoms with van der Waals surface area (Å²) in [5.41, 5.74) is 3.21. The average molecular weight is 461 g/mol. The molecule has 0 fully saturated rings. The van der Waals surface area contributed by atoms with Crippen LogP contribution < -0.4 is 10.1 Å². The van der Waals surface area contributed by atoms with E-state index in [-0.39, 0.29) is 13.1 Å². The number of alkyl halides is 3. The second-order valence-corrected chi connectivity index (χ2v) is 7.72. The van der Waals surface area contributed by atoms with Gasteiger partial charge in [-0.3, -0.25) is 0 Å². The zero-order valence-electron chi connectivity index (χ0n) is 18.8. The number of nitrogens with zero attached hydrogens (tertiary/aromatic N) is 4. The predicted molar refractivity (Wildman–Crippen MR) is 119 cm³/mol. The van der Waals surface area contributed by atoms with Gasteiger partial charge in [0.15, 0.2) is 5.65 Å². The maximum absolute atomic E-state index is 13.3. The Balaban J connectivity index is 1.82. The van der Waals surface area contributed by atoms with E-state index in [2.05, 4.69) is 15.3 Å². The number of amides is 2. The standard InChI is InChI=1S/C23H26F3N5O2/c1-5-30(22(32)29-19(11-15(2)3)23(24,25)26)13-16-7-6-8-17(12-16)18-14-31-10-9-27-20(31)21(28-18)33-4/h6-12,14,19H,5,13H2,1-4H3,(H,29,32). The Morgan fingerprint density at radius 3 is 2.73 bits per heavy atom. The number of benzene rings is 1. The van der Waals surface area contributed by atoms with Crippen LogP contribution in [0.3, 0.4) is 0 Å². The summed E-state index contributed by atoms with van der Waals surface area (Å²) in [6, 6.07) is 4.49. The van der Waals surface area contributed by atoms with Crippen molar-refractivity contribution in [1.82, 2.24) is 24.6 Å². The van der Waals surface area contributed by atoms with Gasteiger partial charge in [0.1, 0.15) is 6.04 Å². The lowest BCUT2D eigenvalue weighted by molar-refractivity contribution is -0.142. The average Bonchev–Trinajstić information content (AvgIpc) is 3.24. The fraction of sp³-hybridized carbons (Fsp3) is 0.348. The van der Waals surface area contributed by atoms with Gasteiger partial charge in [0.25, 0.3) is 5.88 Å². The number of hydrogen-bond acceptors (Lipinski definition) is 4. The number of allylic oxidation sites excluding steroid dienone is 1. The summed E-state index contributed by atoms with van der Waals surface area (Å²) in [7, 11) is 1.51. The van der Waals surface area contributed by atoms with E-state index in [0.29, 0.717) is 22.8 Å². The number of carbonyl (C=O) groups excluding carboxylic acids is 1. The highest BCUT2D eigenvalue weighted by molar-refractivity contribution is 5.75. The van der Waals surface area contributed by atoms with E-state index < -0.39 is 18.2 Å². The van der Waals surface area contributed by atoms with Crippen LogP contribution in [0.4, 0.5) is 18.0 Å². The molecular weight excluding hydrogens is 435 g/mol. The third-order valence-electron chi connectivity index (χ3n) is 4.93. The Bertz CT molecular complexity index is 1150. The van der Waals surface area contributed by atoms with Crippen molar-refractivity contribution < 1.29 is 22.7 Å². The van der Waals surface area contributed by atoms with E-state index in [1.165, 1.54) is 12.0 Å². The highest BCUT2D eigenvalue weighted by Crippen LogP contribution is 2.25. The van der Waals surface area contributed by atoms with Crippen LogP contribution in [0.5, 0.6) is 5.88 Å². The second-order valence-electron chi connectivity index (χ2n) is 7.72. The maximum Gasteiger partial charge on any atom is 0.412 e. The van der Waals surface area contributed by atoms with E-state index >= 15 is 0 Å². The normalized spacial score (nSPS) is 12.3. The fourth-order valence-electron chi connectivity index (χ4n) is 3.33. The zero-order valence-corrected chi connectivity index (χ0v) is 18.8. The minimum atomic E-state index is -4.58. The van der Waals surface area contributed by atoms with Gasteiger partial charge in [0.2, 0.25) is 0 Å². The van der Waals surface area contributed by atoms with E-state index in [0.717, 1.165) is 17.2 Å². The lowest BCUT2D eigenvalue weighted by atomic mass is 10.1. The molecule has 0 aliphatic rings. The van der Waals surface area contributed by atoms with Gasteiger partial charge in [-0.05, 0) is 32.4 Å². The van der Waals surface area contributed by atoms with Crippen molar-refractivity contribution in [2.75, 3.05) is 13.7 Å². The number of nitrogens with one attached hydrogen (secondary N) is 1. The summed E-state index contributed by atoms with van der Waals surface area (Å²) in [5.74, 6) is 0.370. The van der Waals surface area contributed by atoms with Gasteiger partial charge in [-0.25, -0.2) is 14.8 Å². The van der Waals surface area contributed by atoms with E-state index in [4.69, 9.17) is 4.74 Å². The molecule has 2 heterocycles. The zero-order chi connectivity index (χ0) is 24.2. The Morgan fingerprint density at radius 2 is 2.09 bits per heavy atom. The molecule has 1 atom stereocenters. The molecule has 0 spiro atoms. The molecule has 0 saturated carbocycles. The van der Waals surface area contributed by atoms with Gasteiger partial charge in [0, 0.05) is 37.2 Å². The molecule has 1 aromatic carbocycles. The van der Waals surface area contributed by atoms with E-state index in [1.807, 2.05) is 30.5 Å². The van der Waals surface area contributed by atoms with E-state index in [1.54, 1.807) is 37.6 Å². The number of hydrogen-bond donors (Lipinski definition) is 1. The lowest BCUT2D eigenvalue weighted by Gasteiger charge is -2.26. The molecule has 1 N–H and O–H groups in total. The number of ether oxygens (including phenoxy) is 1. The Hall–Kier alpha value is -3.56. The summed E-state index contributed by atoms with van der Waals surface area (Å²) in [5, 5.41) is 2.08. The third kappa shape index (κ3) is 5.82. The summed E-state index contributed by atoms with van der Waals surface area (Å²) in [6.45, 7) is 5.20. The van der Waals surface area contributed by atoms with Crippen molar-refractivity contribution in [3.05, 3.63) is 60.1 Å². The number of rotatable bonds is 7. The summed E-state index contributed by atoms with van der Waals surface area (Å²) in [6.07, 6.45) is 1.64. The van der Waals surface area contributed by atoms with Crippen LogP contribution >= 0.6 is 0 Å². The molecule has 7 nitrogen and oxygen atoms in total. The SMILES string of the molecule is CCN(Cc1cccc(-c2cn3ccnc3c(OC)n2)c1)C(=O)NC(C=C(C)C)C(F)(F)F. The van der Waals surface area contributed by atoms with E-state index in [9.17, 15) is 18.0 Å². The van der Waals surface area contributed by atoms with Gasteiger partial charge >= 0.3 is 12.2 Å². The Labute approximate surface area is 189 Å². The highest BCUT2D eigenvalue weighted by atomic mass is 19.4. The van der Waals surface area contributed by atoms with Crippen molar-refractivity contribution in [3.8, 4) is 17.1 Å². The molecule has 1 unspecified atom stereocenters. The van der Waals surface area contributed by atoms with Crippen LogP contribution in [0.25, 0.3) is 16.9 Å². The Kier molecular flexibility index (Phi) is 7.25. The number of carbonyl (C=O) groups is 1. The molecule has 10 heteroatoms. The highest BCUT2D eigenvalue weighted by Gasteiger charge is 2.39. The molecule has 2 aromatic heterocycles. The molecule has 0 bridgehead atoms. The minimum absolute atomic E-state index is 0.139. The number of fused-ring (bicyclic) bond motifs is 1. The van der Waals surface area contributed by atoms with Crippen LogP contribution in [-0.4, -0.2) is 51.2 Å². The minimum Gasteiger partial charge on any atom is -0.478 e. The second kappa shape index (κ2) is 9.93. The molecule has 176 valence electrons. The van der Waals surface area contributed by atoms with Crippen molar-refractivity contribution in [2.24, 2.45) is 0 Å². The molecule has 0 radical (unpaired) electrons. The largest absolute Gasteiger partial charge is 0.478 e. The maximum atomic E-state index is 13.3. The monoisotopic (exact) mass is 461 g/mol.